The largest absolute Gasteiger partial charge is 0.338 e. The van der Waals surface area contributed by atoms with E-state index >= 15 is 0 Å². The highest BCUT2D eigenvalue weighted by atomic mass is 16.2. The molecule has 0 spiro atoms. The molecule has 0 aromatic heterocycles. The molecular formula is C11H22N2O. The van der Waals surface area contributed by atoms with Crippen LogP contribution in [0.25, 0.3) is 0 Å². The first-order valence-corrected chi connectivity index (χ1v) is 5.64. The topological polar surface area (TPSA) is 46.3 Å². The highest BCUT2D eigenvalue weighted by molar-refractivity contribution is 5.82. The Bertz CT molecular complexity index is 203. The Morgan fingerprint density at radius 2 is 2.21 bits per heavy atom. The first-order valence-electron chi connectivity index (χ1n) is 5.64. The summed E-state index contributed by atoms with van der Waals surface area (Å²) < 4.78 is 0. The summed E-state index contributed by atoms with van der Waals surface area (Å²) in [5.74, 6) is 0.689. The molecule has 2 atom stereocenters. The summed E-state index contributed by atoms with van der Waals surface area (Å²) in [6.07, 6.45) is 3.00. The third-order valence-corrected chi connectivity index (χ3v) is 3.11. The van der Waals surface area contributed by atoms with Gasteiger partial charge in [0.2, 0.25) is 5.91 Å². The summed E-state index contributed by atoms with van der Waals surface area (Å²) in [4.78, 5) is 13.9. The van der Waals surface area contributed by atoms with Crippen LogP contribution < -0.4 is 5.73 Å². The van der Waals surface area contributed by atoms with Crippen LogP contribution >= 0.6 is 0 Å². The van der Waals surface area contributed by atoms with Crippen LogP contribution in [0.5, 0.6) is 0 Å². The Kier molecular flexibility index (Phi) is 3.93. The van der Waals surface area contributed by atoms with Crippen molar-refractivity contribution < 1.29 is 4.79 Å². The van der Waals surface area contributed by atoms with Crippen LogP contribution in [-0.4, -0.2) is 29.4 Å². The third-order valence-electron chi connectivity index (χ3n) is 3.11. The van der Waals surface area contributed by atoms with Gasteiger partial charge < -0.3 is 10.6 Å². The van der Waals surface area contributed by atoms with Gasteiger partial charge in [0.25, 0.3) is 0 Å². The number of nitrogens with two attached hydrogens (primary N) is 1. The zero-order valence-electron chi connectivity index (χ0n) is 9.49. The summed E-state index contributed by atoms with van der Waals surface area (Å²) in [6, 6.07) is 0.120. The molecule has 0 aromatic rings. The van der Waals surface area contributed by atoms with E-state index in [1.165, 1.54) is 0 Å². The molecule has 2 unspecified atom stereocenters. The van der Waals surface area contributed by atoms with E-state index in [1.807, 2.05) is 11.8 Å². The first-order chi connectivity index (χ1) is 6.57. The Morgan fingerprint density at radius 1 is 1.57 bits per heavy atom. The van der Waals surface area contributed by atoms with Crippen molar-refractivity contribution in [3.63, 3.8) is 0 Å². The molecule has 0 radical (unpaired) electrons. The number of hydrogen-bond acceptors (Lipinski definition) is 2. The molecule has 0 aromatic carbocycles. The van der Waals surface area contributed by atoms with E-state index in [9.17, 15) is 4.79 Å². The SMILES string of the molecule is CCC(N)C(=O)N1CCCC1C(C)C. The van der Waals surface area contributed by atoms with Gasteiger partial charge in [-0.25, -0.2) is 0 Å². The van der Waals surface area contributed by atoms with Crippen molar-refractivity contribution in [3.05, 3.63) is 0 Å². The Morgan fingerprint density at radius 3 is 2.71 bits per heavy atom. The lowest BCUT2D eigenvalue weighted by Gasteiger charge is -2.29. The minimum Gasteiger partial charge on any atom is -0.338 e. The van der Waals surface area contributed by atoms with Gasteiger partial charge in [0.15, 0.2) is 0 Å². The quantitative estimate of drug-likeness (QED) is 0.744. The molecule has 1 heterocycles. The lowest BCUT2D eigenvalue weighted by molar-refractivity contribution is -0.134. The van der Waals surface area contributed by atoms with E-state index in [1.54, 1.807) is 0 Å². The van der Waals surface area contributed by atoms with Gasteiger partial charge in [0.05, 0.1) is 6.04 Å². The summed E-state index contributed by atoms with van der Waals surface area (Å²) in [7, 11) is 0. The second-order valence-corrected chi connectivity index (χ2v) is 4.50. The van der Waals surface area contributed by atoms with E-state index in [-0.39, 0.29) is 11.9 Å². The van der Waals surface area contributed by atoms with Crippen molar-refractivity contribution >= 4 is 5.91 Å². The second kappa shape index (κ2) is 4.78. The van der Waals surface area contributed by atoms with Crippen molar-refractivity contribution in [2.75, 3.05) is 6.54 Å². The Labute approximate surface area is 86.6 Å². The van der Waals surface area contributed by atoms with E-state index in [2.05, 4.69) is 13.8 Å². The van der Waals surface area contributed by atoms with Gasteiger partial charge >= 0.3 is 0 Å². The molecule has 82 valence electrons. The molecule has 1 rings (SSSR count). The summed E-state index contributed by atoms with van der Waals surface area (Å²) in [6.45, 7) is 7.21. The molecule has 1 fully saturated rings. The molecule has 14 heavy (non-hydrogen) atoms. The van der Waals surface area contributed by atoms with E-state index in [4.69, 9.17) is 5.73 Å². The number of likely N-dealkylation sites (tertiary alicyclic amines) is 1. The monoisotopic (exact) mass is 198 g/mol. The molecule has 3 nitrogen and oxygen atoms in total. The lowest BCUT2D eigenvalue weighted by Crippen LogP contribution is -2.47. The number of hydrogen-bond donors (Lipinski definition) is 1. The maximum Gasteiger partial charge on any atom is 0.239 e. The average molecular weight is 198 g/mol. The van der Waals surface area contributed by atoms with Crippen LogP contribution in [0.3, 0.4) is 0 Å². The molecule has 1 amide bonds. The molecule has 0 saturated carbocycles. The smallest absolute Gasteiger partial charge is 0.239 e. The lowest BCUT2D eigenvalue weighted by atomic mass is 10.0. The number of amides is 1. The zero-order chi connectivity index (χ0) is 10.7. The number of nitrogens with zero attached hydrogens (tertiary/aromatic N) is 1. The Hall–Kier alpha value is -0.570. The van der Waals surface area contributed by atoms with Crippen molar-refractivity contribution in [3.8, 4) is 0 Å². The minimum absolute atomic E-state index is 0.142. The fraction of sp³-hybridized carbons (Fsp3) is 0.909. The minimum atomic E-state index is -0.297. The van der Waals surface area contributed by atoms with Crippen LogP contribution in [0, 0.1) is 5.92 Å². The van der Waals surface area contributed by atoms with Gasteiger partial charge in [-0.3, -0.25) is 4.79 Å². The van der Waals surface area contributed by atoms with Gasteiger partial charge in [-0.2, -0.15) is 0 Å². The van der Waals surface area contributed by atoms with Crippen LogP contribution in [0.2, 0.25) is 0 Å². The maximum absolute atomic E-state index is 11.9. The fourth-order valence-corrected chi connectivity index (χ4v) is 2.15. The third kappa shape index (κ3) is 2.27. The number of rotatable bonds is 3. The van der Waals surface area contributed by atoms with E-state index in [0.29, 0.717) is 12.0 Å². The summed E-state index contributed by atoms with van der Waals surface area (Å²) in [5, 5.41) is 0. The predicted molar refractivity (Wildman–Crippen MR) is 57.8 cm³/mol. The standard InChI is InChI=1S/C11H22N2O/c1-4-9(12)11(14)13-7-5-6-10(13)8(2)3/h8-10H,4-7,12H2,1-3H3. The number of carbonyl (C=O) groups excluding carboxylic acids is 1. The molecule has 1 aliphatic heterocycles. The van der Waals surface area contributed by atoms with E-state index < -0.39 is 0 Å². The van der Waals surface area contributed by atoms with Crippen molar-refractivity contribution in [2.45, 2.75) is 52.1 Å². The van der Waals surface area contributed by atoms with Crippen LogP contribution in [0.4, 0.5) is 0 Å². The predicted octanol–water partition coefficient (Wildman–Crippen LogP) is 1.37. The highest BCUT2D eigenvalue weighted by Gasteiger charge is 2.32. The van der Waals surface area contributed by atoms with Gasteiger partial charge in [0.1, 0.15) is 0 Å². The maximum atomic E-state index is 11.9. The first kappa shape index (κ1) is 11.5. The van der Waals surface area contributed by atoms with Crippen LogP contribution in [-0.2, 0) is 4.79 Å². The molecule has 0 bridgehead atoms. The van der Waals surface area contributed by atoms with Gasteiger partial charge in [-0.05, 0) is 25.2 Å². The average Bonchev–Trinajstić information content (AvgIpc) is 2.63. The molecular weight excluding hydrogens is 176 g/mol. The highest BCUT2D eigenvalue weighted by Crippen LogP contribution is 2.24. The van der Waals surface area contributed by atoms with Gasteiger partial charge in [0, 0.05) is 12.6 Å². The van der Waals surface area contributed by atoms with Crippen molar-refractivity contribution in [1.82, 2.24) is 4.90 Å². The van der Waals surface area contributed by atoms with Crippen LogP contribution in [0.1, 0.15) is 40.0 Å². The van der Waals surface area contributed by atoms with Crippen molar-refractivity contribution in [2.24, 2.45) is 11.7 Å². The van der Waals surface area contributed by atoms with Gasteiger partial charge in [-0.1, -0.05) is 20.8 Å². The molecule has 2 N–H and O–H groups in total. The normalized spacial score (nSPS) is 24.4. The fourth-order valence-electron chi connectivity index (χ4n) is 2.15. The molecule has 1 aliphatic rings. The molecule has 1 saturated heterocycles. The van der Waals surface area contributed by atoms with Crippen LogP contribution in [0.15, 0.2) is 0 Å². The summed E-state index contributed by atoms with van der Waals surface area (Å²) in [5.41, 5.74) is 5.77. The van der Waals surface area contributed by atoms with E-state index in [0.717, 1.165) is 25.8 Å². The molecule has 0 aliphatic carbocycles. The molecule has 3 heteroatoms. The zero-order valence-corrected chi connectivity index (χ0v) is 9.49. The summed E-state index contributed by atoms with van der Waals surface area (Å²) >= 11 is 0. The Balaban J connectivity index is 2.62. The number of carbonyl (C=O) groups is 1. The van der Waals surface area contributed by atoms with Crippen molar-refractivity contribution in [1.29, 1.82) is 0 Å². The van der Waals surface area contributed by atoms with Gasteiger partial charge in [-0.15, -0.1) is 0 Å². The second-order valence-electron chi connectivity index (χ2n) is 4.50.